The summed E-state index contributed by atoms with van der Waals surface area (Å²) in [6.07, 6.45) is 2.89. The Balaban J connectivity index is 1.39. The molecule has 3 heterocycles. The second-order valence-corrected chi connectivity index (χ2v) is 5.61. The lowest BCUT2D eigenvalue weighted by Gasteiger charge is -2.29. The fourth-order valence-corrected chi connectivity index (χ4v) is 2.93. The Kier molecular flexibility index (Phi) is 3.21. The van der Waals surface area contributed by atoms with Crippen molar-refractivity contribution in [3.05, 3.63) is 42.2 Å². The van der Waals surface area contributed by atoms with Gasteiger partial charge in [0.15, 0.2) is 11.5 Å². The van der Waals surface area contributed by atoms with E-state index >= 15 is 0 Å². The van der Waals surface area contributed by atoms with Gasteiger partial charge >= 0.3 is 0 Å². The third kappa shape index (κ3) is 2.41. The number of amides is 1. The van der Waals surface area contributed by atoms with E-state index in [0.717, 1.165) is 25.1 Å². The van der Waals surface area contributed by atoms with Crippen molar-refractivity contribution in [3.63, 3.8) is 0 Å². The van der Waals surface area contributed by atoms with E-state index in [0.29, 0.717) is 11.5 Å². The van der Waals surface area contributed by atoms with E-state index in [4.69, 9.17) is 9.47 Å². The van der Waals surface area contributed by atoms with Crippen molar-refractivity contribution < 1.29 is 14.3 Å². The summed E-state index contributed by atoms with van der Waals surface area (Å²) in [7, 11) is 0. The third-order valence-electron chi connectivity index (χ3n) is 4.10. The van der Waals surface area contributed by atoms with E-state index in [-0.39, 0.29) is 18.6 Å². The van der Waals surface area contributed by atoms with E-state index in [1.165, 1.54) is 0 Å². The van der Waals surface area contributed by atoms with E-state index in [1.54, 1.807) is 6.20 Å². The summed E-state index contributed by atoms with van der Waals surface area (Å²) in [6.45, 7) is 1.08. The first kappa shape index (κ1) is 13.2. The summed E-state index contributed by atoms with van der Waals surface area (Å²) >= 11 is 0. The van der Waals surface area contributed by atoms with Crippen LogP contribution in [0.1, 0.15) is 12.1 Å². The molecule has 0 unspecified atom stereocenters. The minimum absolute atomic E-state index is 0.118. The van der Waals surface area contributed by atoms with Gasteiger partial charge in [-0.25, -0.2) is 0 Å². The number of aromatic nitrogens is 2. The zero-order valence-corrected chi connectivity index (χ0v) is 12.1. The number of benzene rings is 1. The zero-order chi connectivity index (χ0) is 14.9. The monoisotopic (exact) mass is 299 g/mol. The molecule has 0 bridgehead atoms. The molecule has 4 rings (SSSR count). The van der Waals surface area contributed by atoms with Crippen LogP contribution in [0, 0.1) is 0 Å². The van der Waals surface area contributed by atoms with Gasteiger partial charge in [0.25, 0.3) is 5.91 Å². The molecule has 0 radical (unpaired) electrons. The van der Waals surface area contributed by atoms with Gasteiger partial charge in [0.1, 0.15) is 6.61 Å². The predicted octanol–water partition coefficient (Wildman–Crippen LogP) is 1.15. The van der Waals surface area contributed by atoms with E-state index < -0.39 is 6.10 Å². The van der Waals surface area contributed by atoms with Crippen molar-refractivity contribution >= 4 is 5.91 Å². The first-order chi connectivity index (χ1) is 10.8. The molecule has 2 aliphatic heterocycles. The lowest BCUT2D eigenvalue weighted by Crippen LogP contribution is -2.49. The number of carbonyl (C=O) groups is 1. The maximum Gasteiger partial charge on any atom is 0.264 e. The Hall–Kier alpha value is -2.50. The van der Waals surface area contributed by atoms with E-state index in [1.807, 2.05) is 35.0 Å². The Morgan fingerprint density at radius 1 is 1.27 bits per heavy atom. The number of ether oxygens (including phenoxy) is 2. The Labute approximate surface area is 128 Å². The number of nitrogens with zero attached hydrogens (tertiary/aromatic N) is 2. The SMILES string of the molecule is O=C(N[C@@H]1CCn2nccc2C1)[C@H]1COc2ccccc2O1. The fourth-order valence-electron chi connectivity index (χ4n) is 2.93. The number of hydrogen-bond donors (Lipinski definition) is 1. The lowest BCUT2D eigenvalue weighted by atomic mass is 10.0. The molecular weight excluding hydrogens is 282 g/mol. The van der Waals surface area contributed by atoms with Gasteiger partial charge in [-0.15, -0.1) is 0 Å². The molecule has 0 aliphatic carbocycles. The maximum atomic E-state index is 12.4. The van der Waals surface area contributed by atoms with Crippen molar-refractivity contribution in [3.8, 4) is 11.5 Å². The molecule has 0 spiro atoms. The average Bonchev–Trinajstić information content (AvgIpc) is 3.02. The molecular formula is C16H17N3O3. The fraction of sp³-hybridized carbons (Fsp3) is 0.375. The largest absolute Gasteiger partial charge is 0.485 e. The quantitative estimate of drug-likeness (QED) is 0.903. The van der Waals surface area contributed by atoms with E-state index in [9.17, 15) is 4.79 Å². The van der Waals surface area contributed by atoms with Gasteiger partial charge in [-0.05, 0) is 24.6 Å². The summed E-state index contributed by atoms with van der Waals surface area (Å²) in [5.74, 6) is 1.19. The van der Waals surface area contributed by atoms with Crippen molar-refractivity contribution in [1.82, 2.24) is 15.1 Å². The van der Waals surface area contributed by atoms with Crippen LogP contribution in [0.4, 0.5) is 0 Å². The minimum Gasteiger partial charge on any atom is -0.485 e. The first-order valence-electron chi connectivity index (χ1n) is 7.49. The van der Waals surface area contributed by atoms with Gasteiger partial charge < -0.3 is 14.8 Å². The molecule has 1 N–H and O–H groups in total. The van der Waals surface area contributed by atoms with E-state index in [2.05, 4.69) is 10.4 Å². The lowest BCUT2D eigenvalue weighted by molar-refractivity contribution is -0.131. The van der Waals surface area contributed by atoms with Crippen LogP contribution in [0.3, 0.4) is 0 Å². The highest BCUT2D eigenvalue weighted by atomic mass is 16.6. The number of nitrogens with one attached hydrogen (secondary N) is 1. The van der Waals surface area contributed by atoms with Gasteiger partial charge in [0, 0.05) is 30.9 Å². The predicted molar refractivity (Wildman–Crippen MR) is 78.8 cm³/mol. The number of para-hydroxylation sites is 2. The first-order valence-corrected chi connectivity index (χ1v) is 7.49. The molecule has 6 nitrogen and oxygen atoms in total. The highest BCUT2D eigenvalue weighted by Gasteiger charge is 2.29. The van der Waals surface area contributed by atoms with Gasteiger partial charge in [-0.3, -0.25) is 9.48 Å². The number of aryl methyl sites for hydroxylation is 1. The van der Waals surface area contributed by atoms with Gasteiger partial charge in [-0.2, -0.15) is 5.10 Å². The van der Waals surface area contributed by atoms with Crippen LogP contribution in [0.2, 0.25) is 0 Å². The summed E-state index contributed by atoms with van der Waals surface area (Å²) in [6, 6.07) is 9.52. The van der Waals surface area contributed by atoms with Crippen LogP contribution >= 0.6 is 0 Å². The molecule has 114 valence electrons. The number of rotatable bonds is 2. The Bertz CT molecular complexity index is 697. The molecule has 2 atom stereocenters. The summed E-state index contributed by atoms with van der Waals surface area (Å²) in [5.41, 5.74) is 1.16. The smallest absolute Gasteiger partial charge is 0.264 e. The Morgan fingerprint density at radius 3 is 3.05 bits per heavy atom. The average molecular weight is 299 g/mol. The minimum atomic E-state index is -0.596. The number of carbonyl (C=O) groups excluding carboxylic acids is 1. The molecule has 0 fully saturated rings. The molecule has 6 heteroatoms. The third-order valence-corrected chi connectivity index (χ3v) is 4.10. The molecule has 2 aliphatic rings. The van der Waals surface area contributed by atoms with Crippen LogP contribution in [-0.4, -0.2) is 34.4 Å². The van der Waals surface area contributed by atoms with Crippen molar-refractivity contribution in [2.45, 2.75) is 31.5 Å². The molecule has 1 amide bonds. The molecule has 22 heavy (non-hydrogen) atoms. The summed E-state index contributed by atoms with van der Waals surface area (Å²) < 4.78 is 13.3. The second kappa shape index (κ2) is 5.36. The van der Waals surface area contributed by atoms with Crippen LogP contribution in [0.25, 0.3) is 0 Å². The number of hydrogen-bond acceptors (Lipinski definition) is 4. The zero-order valence-electron chi connectivity index (χ0n) is 12.1. The second-order valence-electron chi connectivity index (χ2n) is 5.61. The van der Waals surface area contributed by atoms with Crippen molar-refractivity contribution in [1.29, 1.82) is 0 Å². The number of fused-ring (bicyclic) bond motifs is 2. The van der Waals surface area contributed by atoms with Gasteiger partial charge in [0.2, 0.25) is 6.10 Å². The van der Waals surface area contributed by atoms with Crippen LogP contribution < -0.4 is 14.8 Å². The molecule has 0 saturated carbocycles. The highest BCUT2D eigenvalue weighted by Crippen LogP contribution is 2.30. The van der Waals surface area contributed by atoms with Crippen LogP contribution in [-0.2, 0) is 17.8 Å². The standard InChI is InChI=1S/C16H17N3O3/c20-16(15-10-21-13-3-1-2-4-14(13)22-15)18-11-6-8-19-12(9-11)5-7-17-19/h1-5,7,11,15H,6,8-10H2,(H,18,20)/t11-,15-/m1/s1. The summed E-state index contributed by atoms with van der Waals surface area (Å²) in [5, 5.41) is 7.31. The van der Waals surface area contributed by atoms with Crippen LogP contribution in [0.5, 0.6) is 11.5 Å². The van der Waals surface area contributed by atoms with Crippen molar-refractivity contribution in [2.24, 2.45) is 0 Å². The van der Waals surface area contributed by atoms with Gasteiger partial charge in [-0.1, -0.05) is 12.1 Å². The Morgan fingerprint density at radius 2 is 2.14 bits per heavy atom. The molecule has 0 saturated heterocycles. The van der Waals surface area contributed by atoms with Crippen molar-refractivity contribution in [2.75, 3.05) is 6.61 Å². The van der Waals surface area contributed by atoms with Crippen LogP contribution in [0.15, 0.2) is 36.5 Å². The molecule has 1 aromatic heterocycles. The molecule has 2 aromatic rings. The maximum absolute atomic E-state index is 12.4. The normalized spacial score (nSPS) is 22.7. The summed E-state index contributed by atoms with van der Waals surface area (Å²) in [4.78, 5) is 12.4. The highest BCUT2D eigenvalue weighted by molar-refractivity contribution is 5.82. The topological polar surface area (TPSA) is 65.4 Å². The van der Waals surface area contributed by atoms with Gasteiger partial charge in [0.05, 0.1) is 0 Å². The molecule has 1 aromatic carbocycles.